The van der Waals surface area contributed by atoms with E-state index in [0.717, 1.165) is 19.3 Å². The van der Waals surface area contributed by atoms with Crippen LogP contribution in [0.3, 0.4) is 0 Å². The third-order valence-electron chi connectivity index (χ3n) is 1.25. The second kappa shape index (κ2) is 2.67. The van der Waals surface area contributed by atoms with Gasteiger partial charge in [-0.05, 0) is 18.9 Å². The molecule has 1 aliphatic rings. The predicted molar refractivity (Wildman–Crippen MR) is 33.7 cm³/mol. The van der Waals surface area contributed by atoms with Crippen LogP contribution < -0.4 is 0 Å². The van der Waals surface area contributed by atoms with Gasteiger partial charge in [0.25, 0.3) is 0 Å². The lowest BCUT2D eigenvalue weighted by atomic mass is 10.2. The van der Waals surface area contributed by atoms with E-state index in [2.05, 4.69) is 11.7 Å². The van der Waals surface area contributed by atoms with Crippen molar-refractivity contribution in [2.24, 2.45) is 0 Å². The first-order chi connectivity index (χ1) is 4.34. The Bertz CT molecular complexity index is 147. The Kier molecular flexibility index (Phi) is 1.88. The summed E-state index contributed by atoms with van der Waals surface area (Å²) in [6.07, 6.45) is 5.13. The van der Waals surface area contributed by atoms with Gasteiger partial charge in [-0.15, -0.1) is 0 Å². The first-order valence-electron chi connectivity index (χ1n) is 3.27. The number of carbonyl (C=O) groups is 1. The molecule has 9 heavy (non-hydrogen) atoms. The third kappa shape index (κ3) is 1.88. The van der Waals surface area contributed by atoms with Crippen LogP contribution in [0.4, 0.5) is 0 Å². The quantitative estimate of drug-likeness (QED) is 0.326. The number of rotatable bonds is 3. The first kappa shape index (κ1) is 6.33. The van der Waals surface area contributed by atoms with E-state index < -0.39 is 0 Å². The molecule has 2 nitrogen and oxygen atoms in total. The van der Waals surface area contributed by atoms with Crippen molar-refractivity contribution in [2.45, 2.75) is 26.2 Å². The molecule has 0 saturated carbocycles. The van der Waals surface area contributed by atoms with Crippen molar-refractivity contribution < 1.29 is 9.53 Å². The lowest BCUT2D eigenvalue weighted by molar-refractivity contribution is -0.117. The van der Waals surface area contributed by atoms with Crippen molar-refractivity contribution in [3.63, 3.8) is 0 Å². The van der Waals surface area contributed by atoms with Crippen molar-refractivity contribution in [3.8, 4) is 0 Å². The minimum atomic E-state index is -0.147. The van der Waals surface area contributed by atoms with E-state index in [0.29, 0.717) is 5.76 Å². The molecule has 2 heteroatoms. The highest BCUT2D eigenvalue weighted by Gasteiger charge is 2.28. The smallest absolute Gasteiger partial charge is 0.379 e. The van der Waals surface area contributed by atoms with Gasteiger partial charge in [-0.25, -0.2) is 4.79 Å². The van der Waals surface area contributed by atoms with Crippen molar-refractivity contribution in [3.05, 3.63) is 11.8 Å². The molecule has 0 spiro atoms. The van der Waals surface area contributed by atoms with Crippen LogP contribution in [-0.4, -0.2) is 5.97 Å². The molecular weight excluding hydrogens is 116 g/mol. The fourth-order valence-electron chi connectivity index (χ4n) is 0.637. The standard InChI is InChI=1S/C7H10O2/c1-2-3-4-5-6-7(8)9-6/h5H,2-4H2,1H3. The first-order valence-corrected chi connectivity index (χ1v) is 3.27. The molecule has 1 fully saturated rings. The van der Waals surface area contributed by atoms with E-state index in [9.17, 15) is 4.79 Å². The van der Waals surface area contributed by atoms with Gasteiger partial charge in [-0.1, -0.05) is 13.3 Å². The lowest BCUT2D eigenvalue weighted by Gasteiger charge is -1.82. The second-order valence-corrected chi connectivity index (χ2v) is 2.10. The molecule has 0 N–H and O–H groups in total. The topological polar surface area (TPSA) is 29.6 Å². The number of carbonyl (C=O) groups excluding carboxylic acids is 1. The molecule has 1 saturated heterocycles. The molecule has 50 valence electrons. The molecule has 0 aromatic heterocycles. The molecule has 1 aliphatic heterocycles. The summed E-state index contributed by atoms with van der Waals surface area (Å²) in [5, 5.41) is 0. The van der Waals surface area contributed by atoms with Crippen molar-refractivity contribution in [1.29, 1.82) is 0 Å². The van der Waals surface area contributed by atoms with E-state index in [1.165, 1.54) is 0 Å². The van der Waals surface area contributed by atoms with Gasteiger partial charge in [0.15, 0.2) is 0 Å². The summed E-state index contributed by atoms with van der Waals surface area (Å²) in [6, 6.07) is 0. The summed E-state index contributed by atoms with van der Waals surface area (Å²) in [5.74, 6) is 0.412. The van der Waals surface area contributed by atoms with Crippen LogP contribution in [0.25, 0.3) is 0 Å². The molecule has 0 aromatic carbocycles. The molecule has 0 aliphatic carbocycles. The fourth-order valence-corrected chi connectivity index (χ4v) is 0.637. The van der Waals surface area contributed by atoms with Crippen LogP contribution in [0.2, 0.25) is 0 Å². The molecule has 0 radical (unpaired) electrons. The van der Waals surface area contributed by atoms with Gasteiger partial charge in [0, 0.05) is 0 Å². The van der Waals surface area contributed by atoms with E-state index in [4.69, 9.17) is 0 Å². The summed E-state index contributed by atoms with van der Waals surface area (Å²) >= 11 is 0. The summed E-state index contributed by atoms with van der Waals surface area (Å²) in [7, 11) is 0. The van der Waals surface area contributed by atoms with Crippen LogP contribution in [-0.2, 0) is 9.53 Å². The van der Waals surface area contributed by atoms with E-state index in [1.807, 2.05) is 6.08 Å². The normalized spacial score (nSPS) is 20.1. The van der Waals surface area contributed by atoms with Crippen molar-refractivity contribution in [2.75, 3.05) is 0 Å². The van der Waals surface area contributed by atoms with Gasteiger partial charge < -0.3 is 4.74 Å². The van der Waals surface area contributed by atoms with Crippen LogP contribution >= 0.6 is 0 Å². The molecular formula is C7H10O2. The number of hydrogen-bond donors (Lipinski definition) is 0. The highest BCUT2D eigenvalue weighted by molar-refractivity contribution is 6.00. The number of hydrogen-bond acceptors (Lipinski definition) is 2. The largest absolute Gasteiger partial charge is 0.413 e. The van der Waals surface area contributed by atoms with E-state index >= 15 is 0 Å². The lowest BCUT2D eigenvalue weighted by Crippen LogP contribution is -1.66. The van der Waals surface area contributed by atoms with Gasteiger partial charge in [-0.2, -0.15) is 0 Å². The Balaban J connectivity index is 2.11. The maximum absolute atomic E-state index is 10.2. The molecule has 0 aromatic rings. The summed E-state index contributed by atoms with van der Waals surface area (Å²) < 4.78 is 4.49. The number of unbranched alkanes of at least 4 members (excludes halogenated alkanes) is 2. The van der Waals surface area contributed by atoms with Crippen LogP contribution in [0, 0.1) is 0 Å². The zero-order valence-corrected chi connectivity index (χ0v) is 5.52. The van der Waals surface area contributed by atoms with Gasteiger partial charge in [0.2, 0.25) is 5.76 Å². The summed E-state index contributed by atoms with van der Waals surface area (Å²) in [4.78, 5) is 10.2. The second-order valence-electron chi connectivity index (χ2n) is 2.10. The van der Waals surface area contributed by atoms with Crippen LogP contribution in [0.1, 0.15) is 26.2 Å². The minimum absolute atomic E-state index is 0.147. The van der Waals surface area contributed by atoms with Crippen LogP contribution in [0.5, 0.6) is 0 Å². The third-order valence-corrected chi connectivity index (χ3v) is 1.25. The van der Waals surface area contributed by atoms with Crippen molar-refractivity contribution in [1.82, 2.24) is 0 Å². The molecule has 0 atom stereocenters. The Hall–Kier alpha value is -0.790. The molecule has 0 amide bonds. The SMILES string of the molecule is CCCCC=C1OC1=O. The van der Waals surface area contributed by atoms with E-state index in [1.54, 1.807) is 0 Å². The molecule has 0 unspecified atom stereocenters. The summed E-state index contributed by atoms with van der Waals surface area (Å²) in [5.41, 5.74) is 0. The van der Waals surface area contributed by atoms with Gasteiger partial charge in [0.1, 0.15) is 0 Å². The maximum atomic E-state index is 10.2. The highest BCUT2D eigenvalue weighted by Crippen LogP contribution is 2.18. The Morgan fingerprint density at radius 1 is 1.67 bits per heavy atom. The van der Waals surface area contributed by atoms with Crippen LogP contribution in [0.15, 0.2) is 11.8 Å². The number of ether oxygens (including phenoxy) is 1. The Morgan fingerprint density at radius 2 is 2.33 bits per heavy atom. The zero-order chi connectivity index (χ0) is 6.69. The van der Waals surface area contributed by atoms with Crippen molar-refractivity contribution >= 4 is 5.97 Å². The fraction of sp³-hybridized carbons (Fsp3) is 0.571. The number of cyclic esters (lactones) is 1. The average Bonchev–Trinajstić information content (AvgIpc) is 2.48. The summed E-state index contributed by atoms with van der Waals surface area (Å²) in [6.45, 7) is 2.12. The maximum Gasteiger partial charge on any atom is 0.379 e. The predicted octanol–water partition coefficient (Wildman–Crippen LogP) is 1.62. The number of epoxide rings is 1. The van der Waals surface area contributed by atoms with E-state index in [-0.39, 0.29) is 5.97 Å². The molecule has 1 rings (SSSR count). The minimum Gasteiger partial charge on any atom is -0.413 e. The molecule has 0 bridgehead atoms. The Morgan fingerprint density at radius 3 is 2.78 bits per heavy atom. The highest BCUT2D eigenvalue weighted by atomic mass is 16.6. The van der Waals surface area contributed by atoms with Gasteiger partial charge >= 0.3 is 5.97 Å². The number of allylic oxidation sites excluding steroid dienone is 1. The van der Waals surface area contributed by atoms with Gasteiger partial charge in [-0.3, -0.25) is 0 Å². The zero-order valence-electron chi connectivity index (χ0n) is 5.52. The van der Waals surface area contributed by atoms with Gasteiger partial charge in [0.05, 0.1) is 0 Å². The molecule has 1 heterocycles. The monoisotopic (exact) mass is 126 g/mol. The Labute approximate surface area is 54.5 Å². The average molecular weight is 126 g/mol.